The van der Waals surface area contributed by atoms with Gasteiger partial charge in [0, 0.05) is 45.3 Å². The number of aromatic nitrogens is 2. The molecule has 0 amide bonds. The highest BCUT2D eigenvalue weighted by Crippen LogP contribution is 2.36. The van der Waals surface area contributed by atoms with Gasteiger partial charge in [-0.1, -0.05) is 0 Å². The minimum atomic E-state index is 0.853. The predicted molar refractivity (Wildman–Crippen MR) is 88.7 cm³/mol. The third kappa shape index (κ3) is 1.84. The molecule has 0 saturated carbocycles. The number of hydrogen-bond donors (Lipinski definition) is 2. The lowest BCUT2D eigenvalue weighted by Crippen LogP contribution is -1.82. The molecule has 4 heteroatoms. The molecule has 0 radical (unpaired) electrons. The van der Waals surface area contributed by atoms with Crippen LogP contribution in [0.3, 0.4) is 0 Å². The fourth-order valence-electron chi connectivity index (χ4n) is 2.90. The molecule has 0 fully saturated rings. The Morgan fingerprint density at radius 1 is 0.682 bits per heavy atom. The summed E-state index contributed by atoms with van der Waals surface area (Å²) in [5.41, 5.74) is 4.47. The van der Waals surface area contributed by atoms with Crippen molar-refractivity contribution in [2.45, 2.75) is 0 Å². The Morgan fingerprint density at radius 2 is 1.14 bits per heavy atom. The average Bonchev–Trinajstić information content (AvgIpc) is 3.16. The second-order valence-corrected chi connectivity index (χ2v) is 5.23. The minimum absolute atomic E-state index is 0.853. The van der Waals surface area contributed by atoms with Gasteiger partial charge in [0.25, 0.3) is 0 Å². The first-order valence-electron chi connectivity index (χ1n) is 7.11. The summed E-state index contributed by atoms with van der Waals surface area (Å²) in [6.45, 7) is 0. The van der Waals surface area contributed by atoms with Crippen molar-refractivity contribution in [2.75, 3.05) is 14.2 Å². The molecular weight excluding hydrogens is 276 g/mol. The van der Waals surface area contributed by atoms with Gasteiger partial charge in [-0.25, -0.2) is 0 Å². The zero-order chi connectivity index (χ0) is 15.1. The topological polar surface area (TPSA) is 50.0 Å². The van der Waals surface area contributed by atoms with Gasteiger partial charge in [0.1, 0.15) is 11.5 Å². The fraction of sp³-hybridized carbons (Fsp3) is 0.111. The van der Waals surface area contributed by atoms with Gasteiger partial charge in [0.05, 0.1) is 14.2 Å². The van der Waals surface area contributed by atoms with Crippen molar-refractivity contribution >= 4 is 21.8 Å². The van der Waals surface area contributed by atoms with Gasteiger partial charge < -0.3 is 19.4 Å². The van der Waals surface area contributed by atoms with Crippen molar-refractivity contribution in [3.05, 3.63) is 48.8 Å². The van der Waals surface area contributed by atoms with Crippen LogP contribution in [0.15, 0.2) is 48.8 Å². The van der Waals surface area contributed by atoms with Crippen molar-refractivity contribution in [3.8, 4) is 22.6 Å². The van der Waals surface area contributed by atoms with Crippen LogP contribution in [0.4, 0.5) is 0 Å². The number of nitrogens with one attached hydrogen (secondary N) is 2. The second kappa shape index (κ2) is 4.84. The van der Waals surface area contributed by atoms with Crippen molar-refractivity contribution in [1.82, 2.24) is 9.97 Å². The van der Waals surface area contributed by atoms with Crippen LogP contribution in [0.25, 0.3) is 32.9 Å². The number of benzene rings is 2. The van der Waals surface area contributed by atoms with E-state index in [4.69, 9.17) is 9.47 Å². The molecule has 22 heavy (non-hydrogen) atoms. The largest absolute Gasteiger partial charge is 0.497 e. The quantitative estimate of drug-likeness (QED) is 0.590. The normalized spacial score (nSPS) is 11.2. The van der Waals surface area contributed by atoms with E-state index in [1.807, 2.05) is 36.7 Å². The number of H-pyrrole nitrogens is 2. The zero-order valence-corrected chi connectivity index (χ0v) is 12.4. The molecule has 0 aliphatic heterocycles. The van der Waals surface area contributed by atoms with Crippen LogP contribution >= 0.6 is 0 Å². The Balaban J connectivity index is 1.98. The number of fused-ring (bicyclic) bond motifs is 2. The van der Waals surface area contributed by atoms with E-state index in [9.17, 15) is 0 Å². The Kier molecular flexibility index (Phi) is 2.82. The molecular formula is C18H16N2O2. The van der Waals surface area contributed by atoms with Gasteiger partial charge in [0.2, 0.25) is 0 Å². The standard InChI is InChI=1S/C18H16N2O2/c1-21-11-3-5-17-13(7-11)15(9-19-17)16-10-20-18-6-4-12(22-2)8-14(16)18/h3-10,19-20H,1-2H3. The van der Waals surface area contributed by atoms with E-state index in [1.165, 1.54) is 0 Å². The van der Waals surface area contributed by atoms with Crippen molar-refractivity contribution in [3.63, 3.8) is 0 Å². The Bertz CT molecular complexity index is 886. The molecule has 0 spiro atoms. The molecule has 0 unspecified atom stereocenters. The number of rotatable bonds is 3. The molecule has 2 heterocycles. The zero-order valence-electron chi connectivity index (χ0n) is 12.4. The fourth-order valence-corrected chi connectivity index (χ4v) is 2.90. The van der Waals surface area contributed by atoms with E-state index in [2.05, 4.69) is 22.1 Å². The van der Waals surface area contributed by atoms with E-state index >= 15 is 0 Å². The molecule has 0 aliphatic rings. The molecule has 4 aromatic rings. The van der Waals surface area contributed by atoms with Crippen molar-refractivity contribution < 1.29 is 9.47 Å². The highest BCUT2D eigenvalue weighted by Gasteiger charge is 2.12. The van der Waals surface area contributed by atoms with Gasteiger partial charge in [-0.3, -0.25) is 0 Å². The summed E-state index contributed by atoms with van der Waals surface area (Å²) >= 11 is 0. The number of hydrogen-bond acceptors (Lipinski definition) is 2. The molecule has 2 aromatic heterocycles. The summed E-state index contributed by atoms with van der Waals surface area (Å²) < 4.78 is 10.7. The maximum absolute atomic E-state index is 5.35. The smallest absolute Gasteiger partial charge is 0.119 e. The maximum atomic E-state index is 5.35. The van der Waals surface area contributed by atoms with Crippen molar-refractivity contribution in [1.29, 1.82) is 0 Å². The third-order valence-electron chi connectivity index (χ3n) is 4.07. The van der Waals surface area contributed by atoms with Crippen LogP contribution in [-0.4, -0.2) is 24.2 Å². The van der Waals surface area contributed by atoms with Crippen LogP contribution in [0, 0.1) is 0 Å². The third-order valence-corrected chi connectivity index (χ3v) is 4.07. The lowest BCUT2D eigenvalue weighted by Gasteiger charge is -2.03. The summed E-state index contributed by atoms with van der Waals surface area (Å²) in [7, 11) is 3.37. The number of aromatic amines is 2. The molecule has 110 valence electrons. The van der Waals surface area contributed by atoms with Crippen LogP contribution in [0.1, 0.15) is 0 Å². The lowest BCUT2D eigenvalue weighted by atomic mass is 10.0. The van der Waals surface area contributed by atoms with Gasteiger partial charge in [-0.15, -0.1) is 0 Å². The summed E-state index contributed by atoms with van der Waals surface area (Å²) in [5, 5.41) is 2.28. The minimum Gasteiger partial charge on any atom is -0.497 e. The Labute approximate surface area is 127 Å². The number of ether oxygens (including phenoxy) is 2. The second-order valence-electron chi connectivity index (χ2n) is 5.23. The molecule has 2 N–H and O–H groups in total. The van der Waals surface area contributed by atoms with E-state index in [0.29, 0.717) is 0 Å². The van der Waals surface area contributed by atoms with Crippen LogP contribution in [0.5, 0.6) is 11.5 Å². The first kappa shape index (κ1) is 12.8. The van der Waals surface area contributed by atoms with Gasteiger partial charge in [0.15, 0.2) is 0 Å². The summed E-state index contributed by atoms with van der Waals surface area (Å²) in [6, 6.07) is 12.1. The van der Waals surface area contributed by atoms with Gasteiger partial charge >= 0.3 is 0 Å². The molecule has 2 aromatic carbocycles. The molecule has 4 nitrogen and oxygen atoms in total. The molecule has 0 bridgehead atoms. The molecule has 0 aliphatic carbocycles. The van der Waals surface area contributed by atoms with Crippen molar-refractivity contribution in [2.24, 2.45) is 0 Å². The summed E-state index contributed by atoms with van der Waals surface area (Å²) in [5.74, 6) is 1.71. The SMILES string of the molecule is COc1ccc2[nH]cc(-c3c[nH]c4ccc(OC)cc34)c2c1. The predicted octanol–water partition coefficient (Wildman–Crippen LogP) is 4.33. The molecule has 0 saturated heterocycles. The van der Waals surface area contributed by atoms with Crippen LogP contribution < -0.4 is 9.47 Å². The Morgan fingerprint density at radius 3 is 1.55 bits per heavy atom. The summed E-state index contributed by atoms with van der Waals surface area (Å²) in [6.07, 6.45) is 4.07. The van der Waals surface area contributed by atoms with Gasteiger partial charge in [-0.05, 0) is 36.4 Å². The lowest BCUT2D eigenvalue weighted by molar-refractivity contribution is 0.415. The van der Waals surface area contributed by atoms with Crippen LogP contribution in [-0.2, 0) is 0 Å². The highest BCUT2D eigenvalue weighted by molar-refractivity contribution is 6.05. The van der Waals surface area contributed by atoms with E-state index in [0.717, 1.165) is 44.4 Å². The Hall–Kier alpha value is -2.88. The summed E-state index contributed by atoms with van der Waals surface area (Å²) in [4.78, 5) is 6.64. The molecule has 0 atom stereocenters. The van der Waals surface area contributed by atoms with E-state index < -0.39 is 0 Å². The molecule has 4 rings (SSSR count). The first-order chi connectivity index (χ1) is 10.8. The van der Waals surface area contributed by atoms with E-state index in [-0.39, 0.29) is 0 Å². The average molecular weight is 292 g/mol. The monoisotopic (exact) mass is 292 g/mol. The highest BCUT2D eigenvalue weighted by atomic mass is 16.5. The first-order valence-corrected chi connectivity index (χ1v) is 7.11. The van der Waals surface area contributed by atoms with Gasteiger partial charge in [-0.2, -0.15) is 0 Å². The maximum Gasteiger partial charge on any atom is 0.119 e. The van der Waals surface area contributed by atoms with E-state index in [1.54, 1.807) is 14.2 Å². The van der Waals surface area contributed by atoms with Crippen LogP contribution in [0.2, 0.25) is 0 Å². The number of methoxy groups -OCH3 is 2.